The van der Waals surface area contributed by atoms with E-state index in [9.17, 15) is 9.59 Å². The first-order chi connectivity index (χ1) is 8.15. The van der Waals surface area contributed by atoms with Gasteiger partial charge in [-0.05, 0) is 25.3 Å². The zero-order chi connectivity index (χ0) is 12.3. The van der Waals surface area contributed by atoms with Crippen molar-refractivity contribution in [1.82, 2.24) is 10.3 Å². The second-order valence-electron chi connectivity index (χ2n) is 4.21. The largest absolute Gasteiger partial charge is 0.308 e. The van der Waals surface area contributed by atoms with Crippen LogP contribution in [0.3, 0.4) is 0 Å². The van der Waals surface area contributed by atoms with E-state index in [2.05, 4.69) is 15.6 Å². The van der Waals surface area contributed by atoms with Gasteiger partial charge in [-0.2, -0.15) is 0 Å². The monoisotopic (exact) mass is 253 g/mol. The number of nitrogens with one attached hydrogen (secondary N) is 2. The minimum Gasteiger partial charge on any atom is -0.308 e. The Morgan fingerprint density at radius 3 is 2.88 bits per heavy atom. The van der Waals surface area contributed by atoms with Gasteiger partial charge in [0.05, 0.1) is 17.6 Å². The van der Waals surface area contributed by atoms with Gasteiger partial charge in [0, 0.05) is 6.92 Å². The molecule has 1 saturated carbocycles. The standard InChI is InChI=1S/C11H15N3O2S/c1-7(15)9-5-13-11(17-9)14-10(16)6-12-4-8-2-3-8/h5,8,12H,2-4,6H2,1H3,(H,13,14,16). The molecule has 0 aliphatic heterocycles. The molecule has 1 aromatic heterocycles. The lowest BCUT2D eigenvalue weighted by Crippen LogP contribution is -2.29. The number of rotatable bonds is 6. The number of aromatic nitrogens is 1. The number of thiazole rings is 1. The van der Waals surface area contributed by atoms with Crippen LogP contribution in [0, 0.1) is 5.92 Å². The Hall–Kier alpha value is -1.27. The van der Waals surface area contributed by atoms with Crippen LogP contribution >= 0.6 is 11.3 Å². The Morgan fingerprint density at radius 2 is 2.29 bits per heavy atom. The van der Waals surface area contributed by atoms with Gasteiger partial charge in [-0.1, -0.05) is 11.3 Å². The quantitative estimate of drug-likeness (QED) is 0.749. The number of nitrogens with zero attached hydrogens (tertiary/aromatic N) is 1. The Morgan fingerprint density at radius 1 is 1.53 bits per heavy atom. The van der Waals surface area contributed by atoms with Crippen molar-refractivity contribution < 1.29 is 9.59 Å². The molecule has 1 aliphatic rings. The first-order valence-corrected chi connectivity index (χ1v) is 6.44. The minimum absolute atomic E-state index is 0.0325. The van der Waals surface area contributed by atoms with Crippen LogP contribution in [0.5, 0.6) is 0 Å². The molecule has 0 unspecified atom stereocenters. The molecule has 92 valence electrons. The fourth-order valence-electron chi connectivity index (χ4n) is 1.37. The van der Waals surface area contributed by atoms with E-state index in [0.717, 1.165) is 12.5 Å². The van der Waals surface area contributed by atoms with E-state index in [-0.39, 0.29) is 11.7 Å². The highest BCUT2D eigenvalue weighted by atomic mass is 32.1. The number of carbonyl (C=O) groups excluding carboxylic acids is 2. The number of carbonyl (C=O) groups is 2. The number of Topliss-reactive ketones (excluding diaryl/α,β-unsaturated/α-hetero) is 1. The van der Waals surface area contributed by atoms with Crippen LogP contribution in [0.2, 0.25) is 0 Å². The fourth-order valence-corrected chi connectivity index (χ4v) is 2.10. The third kappa shape index (κ3) is 3.90. The van der Waals surface area contributed by atoms with E-state index in [1.54, 1.807) is 0 Å². The third-order valence-electron chi connectivity index (χ3n) is 2.51. The average Bonchev–Trinajstić information content (AvgIpc) is 2.96. The van der Waals surface area contributed by atoms with E-state index < -0.39 is 0 Å². The number of hydrogen-bond donors (Lipinski definition) is 2. The molecule has 2 N–H and O–H groups in total. The predicted octanol–water partition coefficient (Wildman–Crippen LogP) is 1.28. The van der Waals surface area contributed by atoms with Gasteiger partial charge in [0.1, 0.15) is 0 Å². The lowest BCUT2D eigenvalue weighted by atomic mass is 10.4. The Balaban J connectivity index is 1.74. The maximum atomic E-state index is 11.5. The second kappa shape index (κ2) is 5.37. The summed E-state index contributed by atoms with van der Waals surface area (Å²) in [6, 6.07) is 0. The van der Waals surface area contributed by atoms with E-state index in [1.165, 1.54) is 37.3 Å². The van der Waals surface area contributed by atoms with Crippen LogP contribution in [0.25, 0.3) is 0 Å². The number of ketones is 1. The fraction of sp³-hybridized carbons (Fsp3) is 0.545. The Kier molecular flexibility index (Phi) is 3.86. The molecule has 2 rings (SSSR count). The predicted molar refractivity (Wildman–Crippen MR) is 66.3 cm³/mol. The number of anilines is 1. The van der Waals surface area contributed by atoms with E-state index >= 15 is 0 Å². The van der Waals surface area contributed by atoms with Crippen LogP contribution in [-0.4, -0.2) is 29.8 Å². The highest BCUT2D eigenvalue weighted by Crippen LogP contribution is 2.27. The molecule has 1 fully saturated rings. The topological polar surface area (TPSA) is 71.1 Å². The van der Waals surface area contributed by atoms with Crippen molar-refractivity contribution in [2.45, 2.75) is 19.8 Å². The summed E-state index contributed by atoms with van der Waals surface area (Å²) in [5, 5.41) is 6.24. The average molecular weight is 253 g/mol. The van der Waals surface area contributed by atoms with Gasteiger partial charge in [-0.15, -0.1) is 0 Å². The summed E-state index contributed by atoms with van der Waals surface area (Å²) in [5.41, 5.74) is 0. The van der Waals surface area contributed by atoms with Gasteiger partial charge in [0.15, 0.2) is 10.9 Å². The molecule has 0 spiro atoms. The lowest BCUT2D eigenvalue weighted by molar-refractivity contribution is -0.115. The van der Waals surface area contributed by atoms with Crippen molar-refractivity contribution in [1.29, 1.82) is 0 Å². The van der Waals surface area contributed by atoms with Gasteiger partial charge in [0.2, 0.25) is 5.91 Å². The van der Waals surface area contributed by atoms with Gasteiger partial charge in [-0.3, -0.25) is 9.59 Å². The maximum absolute atomic E-state index is 11.5. The molecule has 5 nitrogen and oxygen atoms in total. The van der Waals surface area contributed by atoms with Gasteiger partial charge < -0.3 is 10.6 Å². The molecule has 0 bridgehead atoms. The normalized spacial score (nSPS) is 14.6. The highest BCUT2D eigenvalue weighted by Gasteiger charge is 2.20. The van der Waals surface area contributed by atoms with Crippen LogP contribution in [0.4, 0.5) is 5.13 Å². The zero-order valence-corrected chi connectivity index (χ0v) is 10.5. The van der Waals surface area contributed by atoms with Crippen molar-refractivity contribution >= 4 is 28.2 Å². The van der Waals surface area contributed by atoms with Crippen molar-refractivity contribution in [2.24, 2.45) is 5.92 Å². The first kappa shape index (κ1) is 12.2. The maximum Gasteiger partial charge on any atom is 0.240 e. The molecule has 1 aromatic rings. The third-order valence-corrected chi connectivity index (χ3v) is 3.53. The molecule has 1 aliphatic carbocycles. The molecule has 0 radical (unpaired) electrons. The summed E-state index contributed by atoms with van der Waals surface area (Å²) in [4.78, 5) is 27.1. The van der Waals surface area contributed by atoms with Crippen molar-refractivity contribution in [3.05, 3.63) is 11.1 Å². The van der Waals surface area contributed by atoms with Crippen LogP contribution in [0.1, 0.15) is 29.4 Å². The molecular weight excluding hydrogens is 238 g/mol. The number of hydrogen-bond acceptors (Lipinski definition) is 5. The Labute approximate surface area is 104 Å². The molecule has 1 heterocycles. The summed E-state index contributed by atoms with van der Waals surface area (Å²) in [7, 11) is 0. The lowest BCUT2D eigenvalue weighted by Gasteiger charge is -2.02. The summed E-state index contributed by atoms with van der Waals surface area (Å²) in [6.45, 7) is 2.69. The minimum atomic E-state index is -0.116. The zero-order valence-electron chi connectivity index (χ0n) is 9.66. The molecular formula is C11H15N3O2S. The first-order valence-electron chi connectivity index (χ1n) is 5.62. The summed E-state index contributed by atoms with van der Waals surface area (Å²) in [5.74, 6) is 0.608. The second-order valence-corrected chi connectivity index (χ2v) is 5.24. The smallest absolute Gasteiger partial charge is 0.240 e. The molecule has 6 heteroatoms. The van der Waals surface area contributed by atoms with E-state index in [4.69, 9.17) is 0 Å². The highest BCUT2D eigenvalue weighted by molar-refractivity contribution is 7.17. The SMILES string of the molecule is CC(=O)c1cnc(NC(=O)CNCC2CC2)s1. The molecule has 1 amide bonds. The number of amides is 1. The van der Waals surface area contributed by atoms with Crippen molar-refractivity contribution in [2.75, 3.05) is 18.4 Å². The van der Waals surface area contributed by atoms with Crippen molar-refractivity contribution in [3.63, 3.8) is 0 Å². The Bertz CT molecular complexity index is 426. The summed E-state index contributed by atoms with van der Waals surface area (Å²) < 4.78 is 0. The van der Waals surface area contributed by atoms with Gasteiger partial charge >= 0.3 is 0 Å². The molecule has 17 heavy (non-hydrogen) atoms. The summed E-state index contributed by atoms with van der Waals surface area (Å²) >= 11 is 1.20. The van der Waals surface area contributed by atoms with Gasteiger partial charge in [0.25, 0.3) is 0 Å². The van der Waals surface area contributed by atoms with Crippen LogP contribution < -0.4 is 10.6 Å². The van der Waals surface area contributed by atoms with E-state index in [0.29, 0.717) is 16.6 Å². The molecule has 0 atom stereocenters. The molecule has 0 aromatic carbocycles. The van der Waals surface area contributed by atoms with Gasteiger partial charge in [-0.25, -0.2) is 4.98 Å². The van der Waals surface area contributed by atoms with Crippen LogP contribution in [0.15, 0.2) is 6.20 Å². The summed E-state index contributed by atoms with van der Waals surface area (Å²) in [6.07, 6.45) is 4.02. The van der Waals surface area contributed by atoms with E-state index in [1.807, 2.05) is 0 Å². The van der Waals surface area contributed by atoms with Crippen LogP contribution in [-0.2, 0) is 4.79 Å². The molecule has 0 saturated heterocycles. The van der Waals surface area contributed by atoms with Crippen molar-refractivity contribution in [3.8, 4) is 0 Å².